The Bertz CT molecular complexity index is 316. The summed E-state index contributed by atoms with van der Waals surface area (Å²) in [5.74, 6) is 2.64. The molecular formula is C21H42O2. The third kappa shape index (κ3) is 7.56. The van der Waals surface area contributed by atoms with Gasteiger partial charge in [-0.05, 0) is 67.1 Å². The van der Waals surface area contributed by atoms with E-state index in [9.17, 15) is 5.11 Å². The summed E-state index contributed by atoms with van der Waals surface area (Å²) in [6.07, 6.45) is 11.5. The van der Waals surface area contributed by atoms with Gasteiger partial charge in [0.15, 0.2) is 0 Å². The van der Waals surface area contributed by atoms with Crippen LogP contribution in [0.4, 0.5) is 0 Å². The van der Waals surface area contributed by atoms with E-state index in [1.807, 2.05) is 0 Å². The molecule has 1 unspecified atom stereocenters. The van der Waals surface area contributed by atoms with Gasteiger partial charge in [0, 0.05) is 13.2 Å². The van der Waals surface area contributed by atoms with Gasteiger partial charge in [0.1, 0.15) is 0 Å². The highest BCUT2D eigenvalue weighted by Crippen LogP contribution is 2.45. The highest BCUT2D eigenvalue weighted by atomic mass is 16.3. The second-order valence-corrected chi connectivity index (χ2v) is 9.70. The Morgan fingerprint density at radius 2 is 1.57 bits per heavy atom. The SMILES string of the molecule is CC(C)C1CCC(CCO)CC1.CC1(C)CCCC(C)(CO)C1. The lowest BCUT2D eigenvalue weighted by Gasteiger charge is -2.41. The zero-order valence-electron chi connectivity index (χ0n) is 16.4. The molecule has 2 N–H and O–H groups in total. The Balaban J connectivity index is 0.000000231. The highest BCUT2D eigenvalue weighted by molar-refractivity contribution is 4.86. The normalized spacial score (nSPS) is 33.9. The number of hydrogen-bond donors (Lipinski definition) is 2. The Kier molecular flexibility index (Phi) is 8.58. The molecule has 0 aliphatic heterocycles. The monoisotopic (exact) mass is 326 g/mol. The Labute approximate surface area is 145 Å². The summed E-state index contributed by atoms with van der Waals surface area (Å²) in [5, 5.41) is 18.0. The molecule has 2 heteroatoms. The summed E-state index contributed by atoms with van der Waals surface area (Å²) < 4.78 is 0. The lowest BCUT2D eigenvalue weighted by molar-refractivity contribution is 0.0405. The van der Waals surface area contributed by atoms with E-state index >= 15 is 0 Å². The van der Waals surface area contributed by atoms with Crippen LogP contribution in [0.25, 0.3) is 0 Å². The van der Waals surface area contributed by atoms with E-state index in [2.05, 4.69) is 34.6 Å². The second kappa shape index (κ2) is 9.42. The van der Waals surface area contributed by atoms with Gasteiger partial charge in [0.2, 0.25) is 0 Å². The van der Waals surface area contributed by atoms with Crippen LogP contribution < -0.4 is 0 Å². The van der Waals surface area contributed by atoms with Gasteiger partial charge in [-0.2, -0.15) is 0 Å². The molecule has 2 aliphatic rings. The zero-order valence-corrected chi connectivity index (χ0v) is 16.4. The van der Waals surface area contributed by atoms with Crippen molar-refractivity contribution in [2.24, 2.45) is 28.6 Å². The van der Waals surface area contributed by atoms with Crippen LogP contribution in [0.5, 0.6) is 0 Å². The van der Waals surface area contributed by atoms with Crippen molar-refractivity contribution in [3.8, 4) is 0 Å². The maximum absolute atomic E-state index is 9.18. The molecule has 2 nitrogen and oxygen atoms in total. The molecule has 0 aromatic rings. The van der Waals surface area contributed by atoms with Crippen molar-refractivity contribution in [1.29, 1.82) is 0 Å². The maximum atomic E-state index is 9.18. The standard InChI is InChI=1S/C11H22O.C10H20O/c1-9(2)11-5-3-10(4-6-11)7-8-12;1-9(2)5-4-6-10(3,7-9)8-11/h9-12H,3-8H2,1-2H3;11H,4-8H2,1-3H3. The molecule has 2 saturated carbocycles. The first-order chi connectivity index (χ1) is 10.7. The van der Waals surface area contributed by atoms with E-state index in [0.717, 1.165) is 24.2 Å². The van der Waals surface area contributed by atoms with Crippen LogP contribution in [0.1, 0.15) is 92.4 Å². The van der Waals surface area contributed by atoms with E-state index in [1.54, 1.807) is 0 Å². The van der Waals surface area contributed by atoms with Gasteiger partial charge in [-0.1, -0.05) is 53.9 Å². The molecule has 0 bridgehead atoms. The van der Waals surface area contributed by atoms with Gasteiger partial charge in [-0.15, -0.1) is 0 Å². The van der Waals surface area contributed by atoms with Crippen LogP contribution in [0.15, 0.2) is 0 Å². The molecule has 23 heavy (non-hydrogen) atoms. The lowest BCUT2D eigenvalue weighted by Crippen LogP contribution is -2.33. The molecule has 0 aromatic carbocycles. The van der Waals surface area contributed by atoms with E-state index in [0.29, 0.717) is 18.6 Å². The maximum Gasteiger partial charge on any atom is 0.0484 e. The van der Waals surface area contributed by atoms with E-state index < -0.39 is 0 Å². The van der Waals surface area contributed by atoms with Crippen LogP contribution in [0, 0.1) is 28.6 Å². The first kappa shape index (κ1) is 21.0. The van der Waals surface area contributed by atoms with Crippen LogP contribution in [-0.4, -0.2) is 23.4 Å². The first-order valence-electron chi connectivity index (χ1n) is 9.93. The van der Waals surface area contributed by atoms with Gasteiger partial charge in [0.25, 0.3) is 0 Å². The molecule has 0 heterocycles. The largest absolute Gasteiger partial charge is 0.396 e. The van der Waals surface area contributed by atoms with Gasteiger partial charge < -0.3 is 10.2 Å². The molecular weight excluding hydrogens is 284 g/mol. The molecule has 2 rings (SSSR count). The van der Waals surface area contributed by atoms with Crippen molar-refractivity contribution in [2.75, 3.05) is 13.2 Å². The van der Waals surface area contributed by atoms with Crippen molar-refractivity contribution in [2.45, 2.75) is 92.4 Å². The van der Waals surface area contributed by atoms with E-state index in [1.165, 1.54) is 51.4 Å². The van der Waals surface area contributed by atoms with Crippen LogP contribution in [-0.2, 0) is 0 Å². The number of aliphatic hydroxyl groups excluding tert-OH is 2. The van der Waals surface area contributed by atoms with E-state index in [4.69, 9.17) is 5.11 Å². The van der Waals surface area contributed by atoms with Gasteiger partial charge in [-0.25, -0.2) is 0 Å². The molecule has 0 saturated heterocycles. The second-order valence-electron chi connectivity index (χ2n) is 9.70. The topological polar surface area (TPSA) is 40.5 Å². The van der Waals surface area contributed by atoms with Gasteiger partial charge in [0.05, 0.1) is 0 Å². The minimum absolute atomic E-state index is 0.210. The Morgan fingerprint density at radius 1 is 0.957 bits per heavy atom. The summed E-state index contributed by atoms with van der Waals surface area (Å²) in [4.78, 5) is 0. The summed E-state index contributed by atoms with van der Waals surface area (Å²) >= 11 is 0. The molecule has 0 spiro atoms. The van der Waals surface area contributed by atoms with Crippen molar-refractivity contribution >= 4 is 0 Å². The van der Waals surface area contributed by atoms with Gasteiger partial charge in [-0.3, -0.25) is 0 Å². The molecule has 0 aromatic heterocycles. The average molecular weight is 327 g/mol. The molecule has 0 amide bonds. The minimum atomic E-state index is 0.210. The van der Waals surface area contributed by atoms with E-state index in [-0.39, 0.29) is 5.41 Å². The number of hydrogen-bond acceptors (Lipinski definition) is 2. The molecule has 1 atom stereocenters. The number of aliphatic hydroxyl groups is 2. The summed E-state index contributed by atoms with van der Waals surface area (Å²) in [6, 6.07) is 0. The third-order valence-corrected chi connectivity index (χ3v) is 6.29. The fourth-order valence-corrected chi connectivity index (χ4v) is 4.79. The Morgan fingerprint density at radius 3 is 1.96 bits per heavy atom. The first-order valence-corrected chi connectivity index (χ1v) is 9.93. The predicted octanol–water partition coefficient (Wildman–Crippen LogP) is 5.42. The lowest BCUT2D eigenvalue weighted by atomic mass is 9.65. The van der Waals surface area contributed by atoms with Crippen molar-refractivity contribution in [3.05, 3.63) is 0 Å². The fourth-order valence-electron chi connectivity index (χ4n) is 4.79. The van der Waals surface area contributed by atoms with Crippen LogP contribution in [0.2, 0.25) is 0 Å². The van der Waals surface area contributed by atoms with Crippen molar-refractivity contribution in [1.82, 2.24) is 0 Å². The third-order valence-electron chi connectivity index (χ3n) is 6.29. The minimum Gasteiger partial charge on any atom is -0.396 e. The number of rotatable bonds is 4. The predicted molar refractivity (Wildman–Crippen MR) is 99.4 cm³/mol. The molecule has 0 radical (unpaired) electrons. The molecule has 138 valence electrons. The molecule has 2 aliphatic carbocycles. The quantitative estimate of drug-likeness (QED) is 0.724. The summed E-state index contributed by atoms with van der Waals surface area (Å²) in [7, 11) is 0. The Hall–Kier alpha value is -0.0800. The van der Waals surface area contributed by atoms with Crippen molar-refractivity contribution < 1.29 is 10.2 Å². The molecule has 2 fully saturated rings. The zero-order chi connectivity index (χ0) is 17.5. The summed E-state index contributed by atoms with van der Waals surface area (Å²) in [5.41, 5.74) is 0.664. The fraction of sp³-hybridized carbons (Fsp3) is 1.00. The highest BCUT2D eigenvalue weighted by Gasteiger charge is 2.35. The summed E-state index contributed by atoms with van der Waals surface area (Å²) in [6.45, 7) is 12.2. The van der Waals surface area contributed by atoms with Crippen LogP contribution in [0.3, 0.4) is 0 Å². The van der Waals surface area contributed by atoms with Crippen molar-refractivity contribution in [3.63, 3.8) is 0 Å². The average Bonchev–Trinajstić information content (AvgIpc) is 2.47. The van der Waals surface area contributed by atoms with Gasteiger partial charge >= 0.3 is 0 Å². The smallest absolute Gasteiger partial charge is 0.0484 e. The van der Waals surface area contributed by atoms with Crippen LogP contribution >= 0.6 is 0 Å².